The number of methoxy groups -OCH3 is 1. The van der Waals surface area contributed by atoms with Crippen LogP contribution in [-0.2, 0) is 38.1 Å². The summed E-state index contributed by atoms with van der Waals surface area (Å²) in [6, 6.07) is 0. The minimum absolute atomic E-state index is 0.0429. The van der Waals surface area contributed by atoms with Crippen molar-refractivity contribution in [3.8, 4) is 0 Å². The second-order valence-electron chi connectivity index (χ2n) is 6.45. The van der Waals surface area contributed by atoms with E-state index in [0.29, 0.717) is 12.0 Å². The summed E-state index contributed by atoms with van der Waals surface area (Å²) in [6.45, 7) is 5.19. The molecular formula is C15H20O8S. The van der Waals surface area contributed by atoms with Gasteiger partial charge in [-0.1, -0.05) is 6.58 Å². The van der Waals surface area contributed by atoms with Crippen molar-refractivity contribution in [1.29, 1.82) is 0 Å². The molecule has 1 saturated heterocycles. The van der Waals surface area contributed by atoms with Crippen LogP contribution in [0.1, 0.15) is 19.8 Å². The molecule has 0 aromatic heterocycles. The van der Waals surface area contributed by atoms with E-state index in [2.05, 4.69) is 6.58 Å². The molecule has 9 heteroatoms. The summed E-state index contributed by atoms with van der Waals surface area (Å²) in [6.07, 6.45) is -0.451. The second-order valence-corrected chi connectivity index (χ2v) is 8.28. The Labute approximate surface area is 140 Å². The standard InChI is InChI=1S/C15H20O8S/c1-8(2)13(16)22-5-4-21-11-9-6-10-12(11)23-24(18,19)15(10,7-9)14(17)20-3/h9-12H,1,4-7H2,2-3H3. The molecule has 1 aliphatic heterocycles. The van der Waals surface area contributed by atoms with Crippen LogP contribution in [0.2, 0.25) is 0 Å². The summed E-state index contributed by atoms with van der Waals surface area (Å²) >= 11 is 0. The van der Waals surface area contributed by atoms with Gasteiger partial charge in [-0.2, -0.15) is 8.42 Å². The Morgan fingerprint density at radius 3 is 2.67 bits per heavy atom. The first-order valence-corrected chi connectivity index (χ1v) is 9.11. The lowest BCUT2D eigenvalue weighted by molar-refractivity contribution is -0.148. The SMILES string of the molecule is C=C(C)C(=O)OCCOC1C2CC3C1OS(=O)(=O)C3(C(=O)OC)C2. The topological polar surface area (TPSA) is 105 Å². The highest BCUT2D eigenvalue weighted by molar-refractivity contribution is 7.89. The van der Waals surface area contributed by atoms with Gasteiger partial charge < -0.3 is 14.2 Å². The van der Waals surface area contributed by atoms with Crippen LogP contribution in [0.4, 0.5) is 0 Å². The van der Waals surface area contributed by atoms with Crippen molar-refractivity contribution in [2.75, 3.05) is 20.3 Å². The fourth-order valence-corrected chi connectivity index (χ4v) is 6.13. The molecule has 24 heavy (non-hydrogen) atoms. The summed E-state index contributed by atoms with van der Waals surface area (Å²) < 4.78 is 43.7. The van der Waals surface area contributed by atoms with E-state index in [0.717, 1.165) is 0 Å². The monoisotopic (exact) mass is 360 g/mol. The van der Waals surface area contributed by atoms with E-state index >= 15 is 0 Å². The summed E-state index contributed by atoms with van der Waals surface area (Å²) in [7, 11) is -2.87. The predicted octanol–water partition coefficient (Wildman–Crippen LogP) is 0.171. The summed E-state index contributed by atoms with van der Waals surface area (Å²) in [5.41, 5.74) is 0.294. The van der Waals surface area contributed by atoms with Crippen molar-refractivity contribution in [1.82, 2.24) is 0 Å². The highest BCUT2D eigenvalue weighted by atomic mass is 32.2. The van der Waals surface area contributed by atoms with Crippen molar-refractivity contribution in [3.63, 3.8) is 0 Å². The van der Waals surface area contributed by atoms with Crippen LogP contribution in [0.25, 0.3) is 0 Å². The molecule has 3 aliphatic rings. The average Bonchev–Trinajstić information content (AvgIpc) is 3.10. The highest BCUT2D eigenvalue weighted by Gasteiger charge is 2.77. The maximum Gasteiger partial charge on any atom is 0.333 e. The minimum atomic E-state index is -4.04. The largest absolute Gasteiger partial charge is 0.468 e. The molecule has 5 atom stereocenters. The zero-order chi connectivity index (χ0) is 17.7. The van der Waals surface area contributed by atoms with E-state index in [1.54, 1.807) is 6.92 Å². The molecule has 8 nitrogen and oxygen atoms in total. The zero-order valence-corrected chi connectivity index (χ0v) is 14.3. The van der Waals surface area contributed by atoms with Gasteiger partial charge in [-0.05, 0) is 25.7 Å². The van der Waals surface area contributed by atoms with Crippen LogP contribution >= 0.6 is 0 Å². The summed E-state index contributed by atoms with van der Waals surface area (Å²) in [5.74, 6) is -1.82. The van der Waals surface area contributed by atoms with Crippen LogP contribution in [0.3, 0.4) is 0 Å². The fraction of sp³-hybridized carbons (Fsp3) is 0.733. The van der Waals surface area contributed by atoms with Crippen molar-refractivity contribution in [2.45, 2.75) is 36.7 Å². The third-order valence-corrected chi connectivity index (χ3v) is 7.10. The van der Waals surface area contributed by atoms with Gasteiger partial charge in [0, 0.05) is 11.5 Å². The Bertz CT molecular complexity index is 684. The van der Waals surface area contributed by atoms with Gasteiger partial charge in [-0.3, -0.25) is 8.98 Å². The zero-order valence-electron chi connectivity index (χ0n) is 13.5. The number of carbonyl (C=O) groups is 2. The molecule has 3 fully saturated rings. The average molecular weight is 360 g/mol. The molecule has 1 heterocycles. The lowest BCUT2D eigenvalue weighted by atomic mass is 9.84. The second kappa shape index (κ2) is 5.82. The van der Waals surface area contributed by atoms with Crippen molar-refractivity contribution in [2.24, 2.45) is 11.8 Å². The Hall–Kier alpha value is -1.45. The number of esters is 2. The van der Waals surface area contributed by atoms with Gasteiger partial charge in [0.2, 0.25) is 0 Å². The molecule has 2 aliphatic carbocycles. The first kappa shape index (κ1) is 17.4. The molecule has 0 amide bonds. The Morgan fingerprint density at radius 2 is 2.04 bits per heavy atom. The Balaban J connectivity index is 1.65. The molecule has 0 aromatic rings. The van der Waals surface area contributed by atoms with E-state index in [4.69, 9.17) is 18.4 Å². The third kappa shape index (κ3) is 2.29. The molecule has 134 valence electrons. The fourth-order valence-electron chi connectivity index (χ4n) is 4.11. The van der Waals surface area contributed by atoms with Crippen molar-refractivity contribution >= 4 is 22.1 Å². The Morgan fingerprint density at radius 1 is 1.33 bits per heavy atom. The van der Waals surface area contributed by atoms with Crippen LogP contribution in [-0.4, -0.2) is 57.6 Å². The van der Waals surface area contributed by atoms with Gasteiger partial charge >= 0.3 is 11.9 Å². The van der Waals surface area contributed by atoms with Gasteiger partial charge in [-0.25, -0.2) is 4.79 Å². The number of carbonyl (C=O) groups excluding carboxylic acids is 2. The predicted molar refractivity (Wildman–Crippen MR) is 80.3 cm³/mol. The molecule has 2 saturated carbocycles. The number of fused-ring (bicyclic) bond motifs is 1. The minimum Gasteiger partial charge on any atom is -0.468 e. The van der Waals surface area contributed by atoms with E-state index in [-0.39, 0.29) is 25.6 Å². The van der Waals surface area contributed by atoms with Crippen LogP contribution < -0.4 is 0 Å². The summed E-state index contributed by atoms with van der Waals surface area (Å²) in [5, 5.41) is 0. The number of hydrogen-bond donors (Lipinski definition) is 0. The van der Waals surface area contributed by atoms with Gasteiger partial charge in [-0.15, -0.1) is 0 Å². The van der Waals surface area contributed by atoms with Crippen LogP contribution in [0.5, 0.6) is 0 Å². The van der Waals surface area contributed by atoms with Crippen molar-refractivity contribution < 1.29 is 36.4 Å². The molecule has 0 aromatic carbocycles. The van der Waals surface area contributed by atoms with Crippen molar-refractivity contribution in [3.05, 3.63) is 12.2 Å². The maximum atomic E-state index is 12.4. The van der Waals surface area contributed by atoms with Gasteiger partial charge in [0.25, 0.3) is 10.1 Å². The normalized spacial score (nSPS) is 38.1. The number of rotatable bonds is 6. The first-order chi connectivity index (χ1) is 11.2. The number of ether oxygens (including phenoxy) is 3. The van der Waals surface area contributed by atoms with Gasteiger partial charge in [0.05, 0.1) is 19.8 Å². The quantitative estimate of drug-likeness (QED) is 0.286. The molecule has 0 N–H and O–H groups in total. The van der Waals surface area contributed by atoms with Crippen LogP contribution in [0.15, 0.2) is 12.2 Å². The first-order valence-electron chi connectivity index (χ1n) is 7.70. The third-order valence-electron chi connectivity index (χ3n) is 5.10. The lowest BCUT2D eigenvalue weighted by Crippen LogP contribution is -2.50. The van der Waals surface area contributed by atoms with Gasteiger partial charge in [0.15, 0.2) is 4.75 Å². The van der Waals surface area contributed by atoms with E-state index in [1.807, 2.05) is 0 Å². The number of hydrogen-bond acceptors (Lipinski definition) is 8. The smallest absolute Gasteiger partial charge is 0.333 e. The summed E-state index contributed by atoms with van der Waals surface area (Å²) in [4.78, 5) is 23.4. The van der Waals surface area contributed by atoms with E-state index in [9.17, 15) is 18.0 Å². The molecular weight excluding hydrogens is 340 g/mol. The van der Waals surface area contributed by atoms with E-state index < -0.39 is 44.9 Å². The van der Waals surface area contributed by atoms with Crippen LogP contribution in [0, 0.1) is 11.8 Å². The molecule has 5 unspecified atom stereocenters. The Kier molecular flexibility index (Phi) is 4.21. The molecule has 0 spiro atoms. The molecule has 3 rings (SSSR count). The van der Waals surface area contributed by atoms with Gasteiger partial charge in [0.1, 0.15) is 12.7 Å². The molecule has 2 bridgehead atoms. The van der Waals surface area contributed by atoms with E-state index in [1.165, 1.54) is 7.11 Å². The highest BCUT2D eigenvalue weighted by Crippen LogP contribution is 2.62. The molecule has 0 radical (unpaired) electrons. The lowest BCUT2D eigenvalue weighted by Gasteiger charge is -2.30. The maximum absolute atomic E-state index is 12.4.